The Bertz CT molecular complexity index is 485. The van der Waals surface area contributed by atoms with Gasteiger partial charge in [-0.3, -0.25) is 9.80 Å². The van der Waals surface area contributed by atoms with Gasteiger partial charge in [0.15, 0.2) is 0 Å². The molecule has 0 saturated carbocycles. The number of carbonyl (C=O) groups excluding carboxylic acids is 1. The Morgan fingerprint density at radius 2 is 1.44 bits per heavy atom. The van der Waals surface area contributed by atoms with Gasteiger partial charge in [0.2, 0.25) is 0 Å². The highest BCUT2D eigenvalue weighted by molar-refractivity contribution is 5.95. The Labute approximate surface area is 161 Å². The Balaban J connectivity index is 1.63. The number of hydrogen-bond acceptors (Lipinski definition) is 7. The monoisotopic (exact) mass is 384 g/mol. The SMILES string of the molecule is O=C(O)/C=C(\CCCN1CCOCC1)C(=O)OCCCCN1CCOCC1. The van der Waals surface area contributed by atoms with E-state index in [0.29, 0.717) is 13.0 Å². The van der Waals surface area contributed by atoms with E-state index in [1.54, 1.807) is 0 Å². The molecule has 1 N–H and O–H groups in total. The second kappa shape index (κ2) is 12.8. The van der Waals surface area contributed by atoms with Crippen LogP contribution in [0.2, 0.25) is 0 Å². The maximum Gasteiger partial charge on any atom is 0.334 e. The molecule has 2 heterocycles. The number of rotatable bonds is 11. The molecule has 2 aliphatic rings. The summed E-state index contributed by atoms with van der Waals surface area (Å²) in [5.41, 5.74) is 0.240. The molecule has 0 aliphatic carbocycles. The van der Waals surface area contributed by atoms with Crippen LogP contribution in [0, 0.1) is 0 Å². The maximum atomic E-state index is 12.2. The predicted molar refractivity (Wildman–Crippen MR) is 99.7 cm³/mol. The van der Waals surface area contributed by atoms with Crippen LogP contribution in [0.5, 0.6) is 0 Å². The van der Waals surface area contributed by atoms with Gasteiger partial charge >= 0.3 is 11.9 Å². The summed E-state index contributed by atoms with van der Waals surface area (Å²) < 4.78 is 15.9. The molecule has 0 atom stereocenters. The van der Waals surface area contributed by atoms with Crippen LogP contribution in [0.4, 0.5) is 0 Å². The first-order valence-electron chi connectivity index (χ1n) is 9.86. The lowest BCUT2D eigenvalue weighted by atomic mass is 10.1. The van der Waals surface area contributed by atoms with Crippen LogP contribution in [0.25, 0.3) is 0 Å². The zero-order valence-electron chi connectivity index (χ0n) is 16.1. The lowest BCUT2D eigenvalue weighted by Gasteiger charge is -2.26. The number of unbranched alkanes of at least 4 members (excludes halogenated alkanes) is 1. The van der Waals surface area contributed by atoms with E-state index < -0.39 is 11.9 Å². The average Bonchev–Trinajstić information content (AvgIpc) is 2.68. The minimum atomic E-state index is -1.11. The van der Waals surface area contributed by atoms with Gasteiger partial charge in [0.25, 0.3) is 0 Å². The van der Waals surface area contributed by atoms with E-state index >= 15 is 0 Å². The highest BCUT2D eigenvalue weighted by atomic mass is 16.5. The van der Waals surface area contributed by atoms with Crippen LogP contribution in [0.15, 0.2) is 11.6 Å². The van der Waals surface area contributed by atoms with Crippen molar-refractivity contribution in [2.75, 3.05) is 72.3 Å². The fourth-order valence-corrected chi connectivity index (χ4v) is 3.22. The molecule has 2 rings (SSSR count). The number of hydrogen-bond donors (Lipinski definition) is 1. The molecule has 0 spiro atoms. The Morgan fingerprint density at radius 1 is 0.889 bits per heavy atom. The van der Waals surface area contributed by atoms with Crippen LogP contribution in [0.3, 0.4) is 0 Å². The third-order valence-corrected chi connectivity index (χ3v) is 4.79. The van der Waals surface area contributed by atoms with E-state index in [9.17, 15) is 9.59 Å². The second-order valence-corrected chi connectivity index (χ2v) is 6.86. The molecule has 154 valence electrons. The van der Waals surface area contributed by atoms with E-state index in [1.165, 1.54) is 0 Å². The van der Waals surface area contributed by atoms with Crippen LogP contribution in [0.1, 0.15) is 25.7 Å². The highest BCUT2D eigenvalue weighted by Gasteiger charge is 2.15. The first-order valence-corrected chi connectivity index (χ1v) is 9.86. The normalized spacial score (nSPS) is 19.8. The molecule has 8 heteroatoms. The van der Waals surface area contributed by atoms with Crippen molar-refractivity contribution < 1.29 is 28.9 Å². The van der Waals surface area contributed by atoms with E-state index in [-0.39, 0.29) is 5.57 Å². The zero-order chi connectivity index (χ0) is 19.3. The van der Waals surface area contributed by atoms with Crippen molar-refractivity contribution in [2.24, 2.45) is 0 Å². The molecule has 2 saturated heterocycles. The molecule has 27 heavy (non-hydrogen) atoms. The number of nitrogens with zero attached hydrogens (tertiary/aromatic N) is 2. The summed E-state index contributed by atoms with van der Waals surface area (Å²) in [6.07, 6.45) is 3.84. The number of carbonyl (C=O) groups is 2. The summed E-state index contributed by atoms with van der Waals surface area (Å²) >= 11 is 0. The Morgan fingerprint density at radius 3 is 2.00 bits per heavy atom. The minimum Gasteiger partial charge on any atom is -0.478 e. The number of esters is 1. The molecule has 8 nitrogen and oxygen atoms in total. The van der Waals surface area contributed by atoms with Crippen LogP contribution >= 0.6 is 0 Å². The average molecular weight is 384 g/mol. The van der Waals surface area contributed by atoms with Crippen LogP contribution in [-0.4, -0.2) is 99.1 Å². The van der Waals surface area contributed by atoms with Crippen molar-refractivity contribution >= 4 is 11.9 Å². The van der Waals surface area contributed by atoms with Gasteiger partial charge in [-0.15, -0.1) is 0 Å². The number of carboxylic acids is 1. The summed E-state index contributed by atoms with van der Waals surface area (Å²) in [6, 6.07) is 0. The molecular formula is C19H32N2O6. The number of aliphatic carboxylic acids is 1. The Hall–Kier alpha value is -1.48. The van der Waals surface area contributed by atoms with E-state index in [1.807, 2.05) is 0 Å². The van der Waals surface area contributed by atoms with Crippen molar-refractivity contribution in [1.82, 2.24) is 9.80 Å². The fourth-order valence-electron chi connectivity index (χ4n) is 3.22. The molecule has 0 aromatic carbocycles. The van der Waals surface area contributed by atoms with E-state index in [2.05, 4.69) is 9.80 Å². The van der Waals surface area contributed by atoms with Gasteiger partial charge in [-0.05, 0) is 38.8 Å². The quantitative estimate of drug-likeness (QED) is 0.317. The van der Waals surface area contributed by atoms with Gasteiger partial charge in [-0.2, -0.15) is 0 Å². The topological polar surface area (TPSA) is 88.5 Å². The van der Waals surface area contributed by atoms with Crippen LogP contribution < -0.4 is 0 Å². The van der Waals surface area contributed by atoms with Crippen molar-refractivity contribution in [3.63, 3.8) is 0 Å². The summed E-state index contributed by atoms with van der Waals surface area (Å²) in [4.78, 5) is 27.8. The number of carboxylic acid groups (broad SMARTS) is 1. The molecule has 2 aliphatic heterocycles. The van der Waals surface area contributed by atoms with Gasteiger partial charge in [0, 0.05) is 37.8 Å². The molecule has 0 amide bonds. The standard InChI is InChI=1S/C19H32N2O6/c22-18(23)16-17(4-3-6-21-9-14-26-15-10-21)19(24)27-11-2-1-5-20-7-12-25-13-8-20/h16H,1-15H2,(H,22,23)/b17-16+. The molecule has 0 radical (unpaired) electrons. The first kappa shape index (κ1) is 21.8. The largest absolute Gasteiger partial charge is 0.478 e. The number of ether oxygens (including phenoxy) is 3. The lowest BCUT2D eigenvalue weighted by Crippen LogP contribution is -2.37. The fraction of sp³-hybridized carbons (Fsp3) is 0.789. The molecule has 2 fully saturated rings. The summed E-state index contributed by atoms with van der Waals surface area (Å²) in [6.45, 7) is 8.80. The van der Waals surface area contributed by atoms with Gasteiger partial charge in [-0.1, -0.05) is 0 Å². The predicted octanol–water partition coefficient (Wildman–Crippen LogP) is 0.765. The maximum absolute atomic E-state index is 12.2. The molecule has 0 bridgehead atoms. The molecule has 0 aromatic rings. The van der Waals surface area contributed by atoms with E-state index in [4.69, 9.17) is 19.3 Å². The lowest BCUT2D eigenvalue weighted by molar-refractivity contribution is -0.140. The number of morpholine rings is 2. The van der Waals surface area contributed by atoms with Crippen molar-refractivity contribution in [3.05, 3.63) is 11.6 Å². The Kier molecular flexibility index (Phi) is 10.4. The minimum absolute atomic E-state index is 0.240. The van der Waals surface area contributed by atoms with Gasteiger partial charge < -0.3 is 19.3 Å². The third-order valence-electron chi connectivity index (χ3n) is 4.79. The van der Waals surface area contributed by atoms with Crippen molar-refractivity contribution in [1.29, 1.82) is 0 Å². The van der Waals surface area contributed by atoms with Crippen LogP contribution in [-0.2, 0) is 23.8 Å². The van der Waals surface area contributed by atoms with Crippen molar-refractivity contribution in [3.8, 4) is 0 Å². The summed E-state index contributed by atoms with van der Waals surface area (Å²) in [7, 11) is 0. The summed E-state index contributed by atoms with van der Waals surface area (Å²) in [5, 5.41) is 9.01. The van der Waals surface area contributed by atoms with Gasteiger partial charge in [-0.25, -0.2) is 9.59 Å². The van der Waals surface area contributed by atoms with Gasteiger partial charge in [0.1, 0.15) is 0 Å². The smallest absolute Gasteiger partial charge is 0.334 e. The second-order valence-electron chi connectivity index (χ2n) is 6.86. The molecule has 0 unspecified atom stereocenters. The van der Waals surface area contributed by atoms with E-state index in [0.717, 1.165) is 91.0 Å². The molecular weight excluding hydrogens is 352 g/mol. The third kappa shape index (κ3) is 9.32. The molecule has 0 aromatic heterocycles. The zero-order valence-corrected chi connectivity index (χ0v) is 16.1. The van der Waals surface area contributed by atoms with Gasteiger partial charge in [0.05, 0.1) is 33.0 Å². The first-order chi connectivity index (χ1) is 13.1. The highest BCUT2D eigenvalue weighted by Crippen LogP contribution is 2.10. The van der Waals surface area contributed by atoms with Crippen molar-refractivity contribution in [2.45, 2.75) is 25.7 Å². The summed E-state index contributed by atoms with van der Waals surface area (Å²) in [5.74, 6) is -1.62.